The zero-order valence-electron chi connectivity index (χ0n) is 11.5. The van der Waals surface area contributed by atoms with Crippen molar-refractivity contribution >= 4 is 5.91 Å². The summed E-state index contributed by atoms with van der Waals surface area (Å²) >= 11 is 0. The number of benzene rings is 1. The van der Waals surface area contributed by atoms with E-state index in [-0.39, 0.29) is 11.9 Å². The Hall–Kier alpha value is -2.16. The summed E-state index contributed by atoms with van der Waals surface area (Å²) in [7, 11) is 0. The highest BCUT2D eigenvalue weighted by molar-refractivity contribution is 5.96. The minimum Gasteiger partial charge on any atom is -0.345 e. The molecular formula is C16H18N2O. The Morgan fingerprint density at radius 3 is 2.74 bits per heavy atom. The Kier molecular flexibility index (Phi) is 3.95. The van der Waals surface area contributed by atoms with E-state index in [4.69, 9.17) is 0 Å². The van der Waals surface area contributed by atoms with Gasteiger partial charge in [0, 0.05) is 18.0 Å². The molecule has 0 aliphatic heterocycles. The number of aromatic nitrogens is 1. The summed E-state index contributed by atoms with van der Waals surface area (Å²) in [6.07, 6.45) is 3.50. The first-order valence-electron chi connectivity index (χ1n) is 6.36. The summed E-state index contributed by atoms with van der Waals surface area (Å²) in [5, 5.41) is 3.00. The lowest BCUT2D eigenvalue weighted by Crippen LogP contribution is -2.27. The predicted octanol–water partition coefficient (Wildman–Crippen LogP) is 3.19. The molecule has 0 aliphatic carbocycles. The Bertz CT molecular complexity index is 579. The van der Waals surface area contributed by atoms with Crippen LogP contribution >= 0.6 is 0 Å². The molecule has 1 heterocycles. The molecule has 2 aromatic rings. The van der Waals surface area contributed by atoms with Gasteiger partial charge < -0.3 is 5.32 Å². The minimum atomic E-state index is -0.0545. The van der Waals surface area contributed by atoms with Crippen LogP contribution in [0.5, 0.6) is 0 Å². The zero-order valence-corrected chi connectivity index (χ0v) is 11.5. The molecule has 19 heavy (non-hydrogen) atoms. The van der Waals surface area contributed by atoms with Gasteiger partial charge in [0.25, 0.3) is 5.91 Å². The summed E-state index contributed by atoms with van der Waals surface area (Å²) in [6.45, 7) is 5.89. The predicted molar refractivity (Wildman–Crippen MR) is 76.0 cm³/mol. The van der Waals surface area contributed by atoms with Gasteiger partial charge in [-0.25, -0.2) is 0 Å². The summed E-state index contributed by atoms with van der Waals surface area (Å²) in [4.78, 5) is 16.3. The number of aryl methyl sites for hydroxylation is 2. The second kappa shape index (κ2) is 5.65. The van der Waals surface area contributed by atoms with Gasteiger partial charge in [-0.1, -0.05) is 23.8 Å². The lowest BCUT2D eigenvalue weighted by atomic mass is 10.0. The first-order chi connectivity index (χ1) is 9.08. The highest BCUT2D eigenvalue weighted by Gasteiger charge is 2.13. The maximum atomic E-state index is 12.3. The van der Waals surface area contributed by atoms with Gasteiger partial charge in [0.1, 0.15) is 0 Å². The van der Waals surface area contributed by atoms with E-state index < -0.39 is 0 Å². The highest BCUT2D eigenvalue weighted by Crippen LogP contribution is 2.14. The van der Waals surface area contributed by atoms with Gasteiger partial charge in [0.15, 0.2) is 0 Å². The van der Waals surface area contributed by atoms with Gasteiger partial charge in [-0.15, -0.1) is 0 Å². The quantitative estimate of drug-likeness (QED) is 0.914. The van der Waals surface area contributed by atoms with Crippen molar-refractivity contribution in [2.45, 2.75) is 26.8 Å². The van der Waals surface area contributed by atoms with E-state index in [0.29, 0.717) is 0 Å². The molecule has 1 unspecified atom stereocenters. The molecule has 0 saturated carbocycles. The lowest BCUT2D eigenvalue weighted by molar-refractivity contribution is 0.0939. The van der Waals surface area contributed by atoms with Gasteiger partial charge in [-0.05, 0) is 44.0 Å². The molecule has 1 aromatic heterocycles. The Balaban J connectivity index is 2.15. The Morgan fingerprint density at radius 1 is 1.26 bits per heavy atom. The second-order valence-corrected chi connectivity index (χ2v) is 4.80. The second-order valence-electron chi connectivity index (χ2n) is 4.80. The average Bonchev–Trinajstić information content (AvgIpc) is 2.42. The van der Waals surface area contributed by atoms with Crippen molar-refractivity contribution in [2.75, 3.05) is 0 Å². The minimum absolute atomic E-state index is 0.0439. The van der Waals surface area contributed by atoms with Crippen molar-refractivity contribution in [3.05, 3.63) is 65.0 Å². The highest BCUT2D eigenvalue weighted by atomic mass is 16.1. The van der Waals surface area contributed by atoms with Crippen molar-refractivity contribution in [1.29, 1.82) is 0 Å². The molecule has 1 atom stereocenters. The topological polar surface area (TPSA) is 42.0 Å². The van der Waals surface area contributed by atoms with E-state index in [0.717, 1.165) is 22.3 Å². The number of nitrogens with one attached hydrogen (secondary N) is 1. The Morgan fingerprint density at radius 2 is 2.05 bits per heavy atom. The number of hydrogen-bond acceptors (Lipinski definition) is 2. The molecule has 0 saturated heterocycles. The van der Waals surface area contributed by atoms with Crippen molar-refractivity contribution in [1.82, 2.24) is 10.3 Å². The Labute approximate surface area is 113 Å². The molecule has 0 spiro atoms. The first kappa shape index (κ1) is 13.3. The molecule has 2 rings (SSSR count). The standard InChI is InChI=1S/C16H18N2O/c1-11-6-7-12(2)15(9-11)16(19)18-13(3)14-5-4-8-17-10-14/h4-10,13H,1-3H3,(H,18,19). The van der Waals surface area contributed by atoms with Crippen LogP contribution in [-0.4, -0.2) is 10.9 Å². The first-order valence-corrected chi connectivity index (χ1v) is 6.36. The van der Waals surface area contributed by atoms with Gasteiger partial charge >= 0.3 is 0 Å². The SMILES string of the molecule is Cc1ccc(C)c(C(=O)NC(C)c2cccnc2)c1. The molecule has 0 bridgehead atoms. The molecule has 0 aliphatic rings. The number of carbonyl (C=O) groups is 1. The van der Waals surface area contributed by atoms with E-state index in [9.17, 15) is 4.79 Å². The van der Waals surface area contributed by atoms with Gasteiger partial charge in [0.2, 0.25) is 0 Å². The van der Waals surface area contributed by atoms with Crippen LogP contribution in [0.1, 0.15) is 40.0 Å². The molecule has 0 radical (unpaired) electrons. The van der Waals surface area contributed by atoms with Crippen molar-refractivity contribution in [3.63, 3.8) is 0 Å². The third-order valence-electron chi connectivity index (χ3n) is 3.17. The summed E-state index contributed by atoms with van der Waals surface area (Å²) in [5.41, 5.74) is 3.81. The maximum absolute atomic E-state index is 12.3. The summed E-state index contributed by atoms with van der Waals surface area (Å²) in [6, 6.07) is 9.67. The van der Waals surface area contributed by atoms with Gasteiger partial charge in [-0.3, -0.25) is 9.78 Å². The van der Waals surface area contributed by atoms with Crippen LogP contribution in [0.15, 0.2) is 42.7 Å². The number of rotatable bonds is 3. The molecule has 1 N–H and O–H groups in total. The number of amides is 1. The summed E-state index contributed by atoms with van der Waals surface area (Å²) in [5.74, 6) is -0.0439. The van der Waals surface area contributed by atoms with E-state index in [1.807, 2.05) is 51.1 Å². The number of nitrogens with zero attached hydrogens (tertiary/aromatic N) is 1. The van der Waals surface area contributed by atoms with Crippen LogP contribution in [0.3, 0.4) is 0 Å². The van der Waals surface area contributed by atoms with E-state index in [1.165, 1.54) is 0 Å². The van der Waals surface area contributed by atoms with Crippen LogP contribution in [-0.2, 0) is 0 Å². The third-order valence-corrected chi connectivity index (χ3v) is 3.17. The van der Waals surface area contributed by atoms with Crippen molar-refractivity contribution in [3.8, 4) is 0 Å². The fourth-order valence-electron chi connectivity index (χ4n) is 1.97. The monoisotopic (exact) mass is 254 g/mol. The number of carbonyl (C=O) groups excluding carboxylic acids is 1. The van der Waals surface area contributed by atoms with Crippen LogP contribution in [0.25, 0.3) is 0 Å². The summed E-state index contributed by atoms with van der Waals surface area (Å²) < 4.78 is 0. The smallest absolute Gasteiger partial charge is 0.252 e. The maximum Gasteiger partial charge on any atom is 0.252 e. The molecular weight excluding hydrogens is 236 g/mol. The van der Waals surface area contributed by atoms with Gasteiger partial charge in [0.05, 0.1) is 6.04 Å². The van der Waals surface area contributed by atoms with E-state index in [1.54, 1.807) is 12.4 Å². The largest absolute Gasteiger partial charge is 0.345 e. The van der Waals surface area contributed by atoms with Crippen LogP contribution in [0, 0.1) is 13.8 Å². The van der Waals surface area contributed by atoms with E-state index in [2.05, 4.69) is 10.3 Å². The lowest BCUT2D eigenvalue weighted by Gasteiger charge is -2.15. The van der Waals surface area contributed by atoms with Crippen LogP contribution in [0.4, 0.5) is 0 Å². The molecule has 1 amide bonds. The zero-order chi connectivity index (χ0) is 13.8. The van der Waals surface area contributed by atoms with Crippen molar-refractivity contribution in [2.24, 2.45) is 0 Å². The van der Waals surface area contributed by atoms with Crippen LogP contribution in [0.2, 0.25) is 0 Å². The number of hydrogen-bond donors (Lipinski definition) is 1. The third kappa shape index (κ3) is 3.19. The average molecular weight is 254 g/mol. The molecule has 0 fully saturated rings. The molecule has 1 aromatic carbocycles. The van der Waals surface area contributed by atoms with E-state index >= 15 is 0 Å². The molecule has 98 valence electrons. The fraction of sp³-hybridized carbons (Fsp3) is 0.250. The van der Waals surface area contributed by atoms with Gasteiger partial charge in [-0.2, -0.15) is 0 Å². The molecule has 3 nitrogen and oxygen atoms in total. The fourth-order valence-corrected chi connectivity index (χ4v) is 1.97. The normalized spacial score (nSPS) is 11.9. The van der Waals surface area contributed by atoms with Crippen molar-refractivity contribution < 1.29 is 4.79 Å². The number of pyridine rings is 1. The van der Waals surface area contributed by atoms with Crippen LogP contribution < -0.4 is 5.32 Å². The molecule has 3 heteroatoms.